The summed E-state index contributed by atoms with van der Waals surface area (Å²) < 4.78 is 11.1. The molecule has 0 saturated carbocycles. The number of pyridine rings is 1. The maximum Gasteiger partial charge on any atom is 0.343 e. The van der Waals surface area contributed by atoms with Crippen molar-refractivity contribution in [2.45, 2.75) is 0 Å². The van der Waals surface area contributed by atoms with Crippen molar-refractivity contribution < 1.29 is 19.1 Å². The van der Waals surface area contributed by atoms with Crippen LogP contribution in [-0.4, -0.2) is 26.9 Å². The number of hydrogen-bond donors (Lipinski definition) is 0. The molecule has 0 aliphatic heterocycles. The van der Waals surface area contributed by atoms with Crippen LogP contribution < -0.4 is 9.47 Å². The molecule has 0 radical (unpaired) electrons. The minimum Gasteiger partial charge on any atom is -0.423 e. The summed E-state index contributed by atoms with van der Waals surface area (Å²) in [5.41, 5.74) is 4.90. The van der Waals surface area contributed by atoms with E-state index in [1.807, 2.05) is 48.5 Å². The fraction of sp³-hybridized carbons (Fsp3) is 0. The topological polar surface area (TPSA) is 91.3 Å². The first kappa shape index (κ1) is 24.6. The molecule has 6 rings (SSSR count). The van der Waals surface area contributed by atoms with Crippen LogP contribution in [0.25, 0.3) is 33.7 Å². The Morgan fingerprint density at radius 3 is 1.48 bits per heavy atom. The van der Waals surface area contributed by atoms with Crippen molar-refractivity contribution in [1.29, 1.82) is 0 Å². The number of carbonyl (C=O) groups excluding carboxylic acids is 2. The van der Waals surface area contributed by atoms with Crippen molar-refractivity contribution in [3.05, 3.63) is 139 Å². The minimum absolute atomic E-state index is 0.413. The molecule has 0 spiro atoms. The summed E-state index contributed by atoms with van der Waals surface area (Å²) in [4.78, 5) is 38.9. The molecule has 0 atom stereocenters. The first-order valence-electron chi connectivity index (χ1n) is 12.5. The van der Waals surface area contributed by atoms with Gasteiger partial charge in [0.1, 0.15) is 17.0 Å². The molecule has 2 heterocycles. The molecule has 2 aromatic heterocycles. The SMILES string of the molecule is O=C(Oc1ccc(-c2nc3cccnc3nc2-c2ccc(OC(=O)c3ccccc3)cc2)cc1)c1ccccc1. The summed E-state index contributed by atoms with van der Waals surface area (Å²) in [7, 11) is 0. The lowest BCUT2D eigenvalue weighted by atomic mass is 10.0. The highest BCUT2D eigenvalue weighted by molar-refractivity contribution is 5.92. The molecule has 4 aromatic carbocycles. The van der Waals surface area contributed by atoms with Crippen LogP contribution >= 0.6 is 0 Å². The highest BCUT2D eigenvalue weighted by Gasteiger charge is 2.16. The van der Waals surface area contributed by atoms with E-state index in [1.165, 1.54) is 0 Å². The fourth-order valence-corrected chi connectivity index (χ4v) is 4.14. The lowest BCUT2D eigenvalue weighted by Gasteiger charge is -2.12. The van der Waals surface area contributed by atoms with E-state index in [0.717, 1.165) is 11.1 Å². The van der Waals surface area contributed by atoms with E-state index in [9.17, 15) is 9.59 Å². The Balaban J connectivity index is 1.30. The summed E-state index contributed by atoms with van der Waals surface area (Å²) >= 11 is 0. The number of fused-ring (bicyclic) bond motifs is 1. The van der Waals surface area contributed by atoms with Gasteiger partial charge in [-0.3, -0.25) is 0 Å². The van der Waals surface area contributed by atoms with Gasteiger partial charge in [0.25, 0.3) is 0 Å². The number of aromatic nitrogens is 3. The molecule has 7 nitrogen and oxygen atoms in total. The zero-order valence-corrected chi connectivity index (χ0v) is 21.1. The number of esters is 2. The quantitative estimate of drug-likeness (QED) is 0.175. The Kier molecular flexibility index (Phi) is 6.75. The van der Waals surface area contributed by atoms with Gasteiger partial charge in [0.15, 0.2) is 5.65 Å². The molecule has 0 aliphatic rings. The van der Waals surface area contributed by atoms with Gasteiger partial charge < -0.3 is 9.47 Å². The van der Waals surface area contributed by atoms with E-state index in [0.29, 0.717) is 45.2 Å². The second kappa shape index (κ2) is 11.0. The molecule has 7 heteroatoms. The highest BCUT2D eigenvalue weighted by Crippen LogP contribution is 2.32. The predicted octanol–water partition coefficient (Wildman–Crippen LogP) is 6.80. The van der Waals surface area contributed by atoms with Crippen molar-refractivity contribution in [2.75, 3.05) is 0 Å². The van der Waals surface area contributed by atoms with Crippen LogP contribution in [0.15, 0.2) is 128 Å². The lowest BCUT2D eigenvalue weighted by molar-refractivity contribution is 0.0725. The minimum atomic E-state index is -0.434. The van der Waals surface area contributed by atoms with Gasteiger partial charge in [-0.15, -0.1) is 0 Å². The van der Waals surface area contributed by atoms with Crippen molar-refractivity contribution in [3.8, 4) is 34.0 Å². The van der Waals surface area contributed by atoms with Crippen LogP contribution in [0.5, 0.6) is 11.5 Å². The Morgan fingerprint density at radius 1 is 0.500 bits per heavy atom. The first-order valence-corrected chi connectivity index (χ1v) is 12.5. The summed E-state index contributed by atoms with van der Waals surface area (Å²) in [6.07, 6.45) is 1.67. The normalized spacial score (nSPS) is 10.7. The van der Waals surface area contributed by atoms with Crippen LogP contribution in [0.3, 0.4) is 0 Å². The maximum atomic E-state index is 12.4. The molecule has 0 amide bonds. The van der Waals surface area contributed by atoms with E-state index < -0.39 is 11.9 Å². The third kappa shape index (κ3) is 5.30. The van der Waals surface area contributed by atoms with E-state index >= 15 is 0 Å². The zero-order chi connectivity index (χ0) is 27.3. The lowest BCUT2D eigenvalue weighted by Crippen LogP contribution is -2.08. The van der Waals surface area contributed by atoms with E-state index in [4.69, 9.17) is 19.4 Å². The largest absolute Gasteiger partial charge is 0.423 e. The number of ether oxygens (including phenoxy) is 2. The van der Waals surface area contributed by atoms with Gasteiger partial charge in [0, 0.05) is 17.3 Å². The summed E-state index contributed by atoms with van der Waals surface area (Å²) in [5.74, 6) is -0.0368. The van der Waals surface area contributed by atoms with E-state index in [1.54, 1.807) is 79.0 Å². The van der Waals surface area contributed by atoms with Crippen molar-refractivity contribution in [2.24, 2.45) is 0 Å². The molecule has 40 heavy (non-hydrogen) atoms. The molecule has 0 unspecified atom stereocenters. The van der Waals surface area contributed by atoms with Gasteiger partial charge in [-0.1, -0.05) is 36.4 Å². The molecule has 0 bridgehead atoms. The van der Waals surface area contributed by atoms with Gasteiger partial charge >= 0.3 is 11.9 Å². The standard InChI is InChI=1S/C33H21N3O4/c37-32(24-8-3-1-4-9-24)39-26-17-13-22(14-18-26)29-30(36-31-28(35-29)12-7-21-34-31)23-15-19-27(20-16-23)40-33(38)25-10-5-2-6-11-25/h1-21H. The summed E-state index contributed by atoms with van der Waals surface area (Å²) in [6.45, 7) is 0. The zero-order valence-electron chi connectivity index (χ0n) is 21.1. The Hall–Kier alpha value is -5.69. The second-order valence-electron chi connectivity index (χ2n) is 8.83. The third-order valence-electron chi connectivity index (χ3n) is 6.14. The first-order chi connectivity index (χ1) is 19.6. The molecule has 0 saturated heterocycles. The number of nitrogens with zero attached hydrogens (tertiary/aromatic N) is 3. The maximum absolute atomic E-state index is 12.4. The van der Waals surface area contributed by atoms with Crippen molar-refractivity contribution in [1.82, 2.24) is 15.0 Å². The number of carbonyl (C=O) groups is 2. The van der Waals surface area contributed by atoms with Crippen LogP contribution in [0.2, 0.25) is 0 Å². The average molecular weight is 524 g/mol. The predicted molar refractivity (Wildman–Crippen MR) is 151 cm³/mol. The van der Waals surface area contributed by atoms with Gasteiger partial charge in [0.2, 0.25) is 0 Å². The van der Waals surface area contributed by atoms with Crippen molar-refractivity contribution >= 4 is 23.1 Å². The molecule has 192 valence electrons. The summed E-state index contributed by atoms with van der Waals surface area (Å²) in [6, 6.07) is 35.5. The molecular formula is C33H21N3O4. The number of hydrogen-bond acceptors (Lipinski definition) is 7. The Labute approximate surface area is 229 Å². The van der Waals surface area contributed by atoms with Gasteiger partial charge in [0.05, 0.1) is 22.5 Å². The number of benzene rings is 4. The Morgan fingerprint density at radius 2 is 0.975 bits per heavy atom. The third-order valence-corrected chi connectivity index (χ3v) is 6.14. The second-order valence-corrected chi connectivity index (χ2v) is 8.83. The smallest absolute Gasteiger partial charge is 0.343 e. The van der Waals surface area contributed by atoms with Gasteiger partial charge in [-0.25, -0.2) is 24.5 Å². The molecular weight excluding hydrogens is 502 g/mol. The monoisotopic (exact) mass is 523 g/mol. The van der Waals surface area contributed by atoms with E-state index in [-0.39, 0.29) is 0 Å². The van der Waals surface area contributed by atoms with Crippen LogP contribution in [0.1, 0.15) is 20.7 Å². The van der Waals surface area contributed by atoms with Gasteiger partial charge in [-0.2, -0.15) is 0 Å². The Bertz CT molecular complexity index is 1670. The van der Waals surface area contributed by atoms with Crippen LogP contribution in [0.4, 0.5) is 0 Å². The van der Waals surface area contributed by atoms with Crippen LogP contribution in [-0.2, 0) is 0 Å². The fourth-order valence-electron chi connectivity index (χ4n) is 4.14. The van der Waals surface area contributed by atoms with Crippen LogP contribution in [0, 0.1) is 0 Å². The van der Waals surface area contributed by atoms with Crippen molar-refractivity contribution in [3.63, 3.8) is 0 Å². The molecule has 0 N–H and O–H groups in total. The number of rotatable bonds is 6. The summed E-state index contributed by atoms with van der Waals surface area (Å²) in [5, 5.41) is 0. The highest BCUT2D eigenvalue weighted by atomic mass is 16.5. The average Bonchev–Trinajstić information content (AvgIpc) is 3.02. The molecule has 6 aromatic rings. The molecule has 0 aliphatic carbocycles. The molecule has 0 fully saturated rings. The van der Waals surface area contributed by atoms with Gasteiger partial charge in [-0.05, 0) is 84.9 Å². The van der Waals surface area contributed by atoms with E-state index in [2.05, 4.69) is 4.98 Å².